The Balaban J connectivity index is 2.46. The molecule has 0 bridgehead atoms. The Hall–Kier alpha value is -2.67. The van der Waals surface area contributed by atoms with Gasteiger partial charge in [-0.05, 0) is 31.2 Å². The maximum atomic E-state index is 11.3. The quantitative estimate of drug-likeness (QED) is 0.771. The second-order valence-electron chi connectivity index (χ2n) is 4.03. The largest absolute Gasteiger partial charge is 0.465 e. The van der Waals surface area contributed by atoms with Crippen LogP contribution in [-0.4, -0.2) is 18.1 Å². The van der Waals surface area contributed by atoms with Crippen LogP contribution in [0.15, 0.2) is 36.4 Å². The van der Waals surface area contributed by atoms with E-state index >= 15 is 0 Å². The third kappa shape index (κ3) is 2.61. The molecule has 0 saturated heterocycles. The maximum absolute atomic E-state index is 11.3. The van der Waals surface area contributed by atoms with Gasteiger partial charge in [0.05, 0.1) is 23.9 Å². The summed E-state index contributed by atoms with van der Waals surface area (Å²) in [6.45, 7) is 1.87. The summed E-state index contributed by atoms with van der Waals surface area (Å²) in [5, 5.41) is 9.09. The number of hydrogen-bond donors (Lipinski definition) is 0. The molecular formula is C15H12N2O2. The number of methoxy groups -OCH3 is 1. The zero-order valence-electron chi connectivity index (χ0n) is 10.7. The van der Waals surface area contributed by atoms with E-state index in [1.807, 2.05) is 6.92 Å². The molecule has 4 nitrogen and oxygen atoms in total. The summed E-state index contributed by atoms with van der Waals surface area (Å²) in [5.74, 6) is -0.385. The first-order chi connectivity index (χ1) is 9.15. The number of nitriles is 1. The molecule has 19 heavy (non-hydrogen) atoms. The maximum Gasteiger partial charge on any atom is 0.337 e. The molecule has 94 valence electrons. The highest BCUT2D eigenvalue weighted by atomic mass is 16.5. The van der Waals surface area contributed by atoms with Crippen molar-refractivity contribution in [1.29, 1.82) is 5.26 Å². The number of esters is 1. The molecule has 2 aromatic rings. The molecule has 0 radical (unpaired) electrons. The highest BCUT2D eigenvalue weighted by molar-refractivity contribution is 5.90. The lowest BCUT2D eigenvalue weighted by Gasteiger charge is -2.05. The number of carbonyl (C=O) groups excluding carboxylic acids is 1. The highest BCUT2D eigenvalue weighted by Gasteiger charge is 2.09. The fourth-order valence-corrected chi connectivity index (χ4v) is 1.75. The molecule has 1 aromatic carbocycles. The average Bonchev–Trinajstić information content (AvgIpc) is 2.46. The van der Waals surface area contributed by atoms with Gasteiger partial charge in [-0.2, -0.15) is 5.26 Å². The van der Waals surface area contributed by atoms with Crippen LogP contribution in [0.2, 0.25) is 0 Å². The van der Waals surface area contributed by atoms with Gasteiger partial charge in [-0.3, -0.25) is 4.98 Å². The number of carbonyl (C=O) groups is 1. The van der Waals surface area contributed by atoms with E-state index in [9.17, 15) is 4.79 Å². The molecule has 0 fully saturated rings. The Kier molecular flexibility index (Phi) is 3.58. The number of ether oxygens (including phenoxy) is 1. The van der Waals surface area contributed by atoms with E-state index in [4.69, 9.17) is 5.26 Å². The van der Waals surface area contributed by atoms with Gasteiger partial charge < -0.3 is 4.74 Å². The van der Waals surface area contributed by atoms with Gasteiger partial charge in [0.15, 0.2) is 0 Å². The average molecular weight is 252 g/mol. The van der Waals surface area contributed by atoms with Crippen LogP contribution in [0, 0.1) is 18.3 Å². The lowest BCUT2D eigenvalue weighted by molar-refractivity contribution is 0.0601. The van der Waals surface area contributed by atoms with Gasteiger partial charge in [-0.25, -0.2) is 4.79 Å². The van der Waals surface area contributed by atoms with Gasteiger partial charge in [-0.1, -0.05) is 12.1 Å². The number of nitrogens with zero attached hydrogens (tertiary/aromatic N) is 2. The number of aromatic nitrogens is 1. The van der Waals surface area contributed by atoms with Crippen molar-refractivity contribution in [3.63, 3.8) is 0 Å². The molecule has 0 saturated carbocycles. The third-order valence-corrected chi connectivity index (χ3v) is 2.73. The summed E-state index contributed by atoms with van der Waals surface area (Å²) in [6.07, 6.45) is 0. The standard InChI is InChI=1S/C15H12N2O2/c1-10-3-4-13(9-16)14(17-10)11-5-7-12(8-6-11)15(18)19-2/h3-8H,1-2H3. The summed E-state index contributed by atoms with van der Waals surface area (Å²) >= 11 is 0. The molecule has 0 aliphatic rings. The van der Waals surface area contributed by atoms with Crippen molar-refractivity contribution < 1.29 is 9.53 Å². The van der Waals surface area contributed by atoms with E-state index in [0.29, 0.717) is 16.8 Å². The molecule has 4 heteroatoms. The van der Waals surface area contributed by atoms with Crippen molar-refractivity contribution in [3.8, 4) is 17.3 Å². The zero-order chi connectivity index (χ0) is 13.8. The van der Waals surface area contributed by atoms with Crippen molar-refractivity contribution in [2.45, 2.75) is 6.92 Å². The Labute approximate surface area is 111 Å². The first-order valence-corrected chi connectivity index (χ1v) is 5.72. The molecule has 0 unspecified atom stereocenters. The number of benzene rings is 1. The van der Waals surface area contributed by atoms with Crippen LogP contribution in [-0.2, 0) is 4.74 Å². The molecule has 0 amide bonds. The van der Waals surface area contributed by atoms with E-state index in [2.05, 4.69) is 15.8 Å². The Bertz CT molecular complexity index is 655. The summed E-state index contributed by atoms with van der Waals surface area (Å²) in [7, 11) is 1.34. The van der Waals surface area contributed by atoms with Crippen LogP contribution in [0.5, 0.6) is 0 Å². The predicted molar refractivity (Wildman–Crippen MR) is 70.5 cm³/mol. The second kappa shape index (κ2) is 5.32. The SMILES string of the molecule is COC(=O)c1ccc(-c2nc(C)ccc2C#N)cc1. The Morgan fingerprint density at radius 2 is 1.89 bits per heavy atom. The van der Waals surface area contributed by atoms with Crippen molar-refractivity contribution in [2.24, 2.45) is 0 Å². The highest BCUT2D eigenvalue weighted by Crippen LogP contribution is 2.22. The molecule has 2 rings (SSSR count). The first kappa shape index (κ1) is 12.8. The summed E-state index contributed by atoms with van der Waals surface area (Å²) in [5.41, 5.74) is 3.24. The smallest absolute Gasteiger partial charge is 0.337 e. The van der Waals surface area contributed by atoms with Crippen molar-refractivity contribution in [2.75, 3.05) is 7.11 Å². The number of hydrogen-bond acceptors (Lipinski definition) is 4. The summed E-state index contributed by atoms with van der Waals surface area (Å²) in [4.78, 5) is 15.7. The van der Waals surface area contributed by atoms with Crippen LogP contribution >= 0.6 is 0 Å². The van der Waals surface area contributed by atoms with Gasteiger partial charge in [0.1, 0.15) is 6.07 Å². The first-order valence-electron chi connectivity index (χ1n) is 5.72. The summed E-state index contributed by atoms with van der Waals surface area (Å²) in [6, 6.07) is 12.5. The fraction of sp³-hybridized carbons (Fsp3) is 0.133. The Morgan fingerprint density at radius 3 is 2.47 bits per heavy atom. The lowest BCUT2D eigenvalue weighted by atomic mass is 10.0. The molecule has 1 aromatic heterocycles. The van der Waals surface area contributed by atoms with Crippen LogP contribution in [0.1, 0.15) is 21.6 Å². The van der Waals surface area contributed by atoms with E-state index in [0.717, 1.165) is 11.3 Å². The predicted octanol–water partition coefficient (Wildman–Crippen LogP) is 2.72. The topological polar surface area (TPSA) is 63.0 Å². The minimum atomic E-state index is -0.385. The minimum absolute atomic E-state index is 0.385. The van der Waals surface area contributed by atoms with E-state index in [-0.39, 0.29) is 5.97 Å². The molecule has 0 spiro atoms. The second-order valence-corrected chi connectivity index (χ2v) is 4.03. The van der Waals surface area contributed by atoms with Gasteiger partial charge in [0.25, 0.3) is 0 Å². The molecule has 0 aliphatic carbocycles. The van der Waals surface area contributed by atoms with Gasteiger partial charge >= 0.3 is 5.97 Å². The van der Waals surface area contributed by atoms with Crippen LogP contribution in [0.3, 0.4) is 0 Å². The minimum Gasteiger partial charge on any atom is -0.465 e. The monoisotopic (exact) mass is 252 g/mol. The molecule has 0 atom stereocenters. The molecule has 0 aliphatic heterocycles. The van der Waals surface area contributed by atoms with Crippen LogP contribution in [0.4, 0.5) is 0 Å². The summed E-state index contributed by atoms with van der Waals surface area (Å²) < 4.78 is 4.64. The number of aryl methyl sites for hydroxylation is 1. The van der Waals surface area contributed by atoms with Crippen molar-refractivity contribution in [1.82, 2.24) is 4.98 Å². The third-order valence-electron chi connectivity index (χ3n) is 2.73. The molecule has 1 heterocycles. The zero-order valence-corrected chi connectivity index (χ0v) is 10.7. The Morgan fingerprint density at radius 1 is 1.21 bits per heavy atom. The number of rotatable bonds is 2. The van der Waals surface area contributed by atoms with Gasteiger partial charge in [0, 0.05) is 11.3 Å². The van der Waals surface area contributed by atoms with E-state index in [1.165, 1.54) is 7.11 Å². The number of pyridine rings is 1. The molecular weight excluding hydrogens is 240 g/mol. The van der Waals surface area contributed by atoms with Gasteiger partial charge in [0.2, 0.25) is 0 Å². The van der Waals surface area contributed by atoms with Crippen LogP contribution < -0.4 is 0 Å². The van der Waals surface area contributed by atoms with Crippen molar-refractivity contribution >= 4 is 5.97 Å². The lowest BCUT2D eigenvalue weighted by Crippen LogP contribution is -2.00. The molecule has 0 N–H and O–H groups in total. The van der Waals surface area contributed by atoms with E-state index in [1.54, 1.807) is 36.4 Å². The van der Waals surface area contributed by atoms with Crippen LogP contribution in [0.25, 0.3) is 11.3 Å². The van der Waals surface area contributed by atoms with E-state index < -0.39 is 0 Å². The normalized spacial score (nSPS) is 9.74. The fourth-order valence-electron chi connectivity index (χ4n) is 1.75. The van der Waals surface area contributed by atoms with Gasteiger partial charge in [-0.15, -0.1) is 0 Å². The van der Waals surface area contributed by atoms with Crippen molar-refractivity contribution in [3.05, 3.63) is 53.2 Å².